The van der Waals surface area contributed by atoms with Gasteiger partial charge in [0.15, 0.2) is 0 Å². The summed E-state index contributed by atoms with van der Waals surface area (Å²) in [6, 6.07) is 67.2. The molecule has 0 saturated heterocycles. The molecule has 0 atom stereocenters. The lowest BCUT2D eigenvalue weighted by Crippen LogP contribution is -2.10. The van der Waals surface area contributed by atoms with E-state index in [9.17, 15) is 0 Å². The third-order valence-corrected chi connectivity index (χ3v) is 12.4. The van der Waals surface area contributed by atoms with Crippen molar-refractivity contribution in [1.29, 1.82) is 0 Å². The average Bonchev–Trinajstić information content (AvgIpc) is 3.95. The number of fused-ring (bicyclic) bond motifs is 11. The minimum Gasteiger partial charge on any atom is -0.456 e. The molecule has 0 saturated carbocycles. The molecule has 3 aromatic heterocycles. The van der Waals surface area contributed by atoms with Crippen LogP contribution < -0.4 is 4.90 Å². The van der Waals surface area contributed by atoms with Crippen LogP contribution in [0.25, 0.3) is 97.1 Å². The zero-order valence-electron chi connectivity index (χ0n) is 30.1. The van der Waals surface area contributed by atoms with Crippen LogP contribution in [0.2, 0.25) is 0 Å². The Balaban J connectivity index is 1.02. The van der Waals surface area contributed by atoms with Crippen LogP contribution in [0.3, 0.4) is 0 Å². The molecule has 0 aliphatic heterocycles. The van der Waals surface area contributed by atoms with Gasteiger partial charge in [0, 0.05) is 70.4 Å². The van der Waals surface area contributed by atoms with Gasteiger partial charge in [-0.1, -0.05) is 115 Å². The van der Waals surface area contributed by atoms with Crippen LogP contribution in [0.4, 0.5) is 17.1 Å². The lowest BCUT2D eigenvalue weighted by atomic mass is 10.00. The Hall–Kier alpha value is -7.14. The van der Waals surface area contributed by atoms with E-state index in [1.165, 1.54) is 42.1 Å². The summed E-state index contributed by atoms with van der Waals surface area (Å²) in [5, 5.41) is 9.40. The zero-order chi connectivity index (χ0) is 36.7. The van der Waals surface area contributed by atoms with Crippen LogP contribution in [0.1, 0.15) is 0 Å². The summed E-state index contributed by atoms with van der Waals surface area (Å²) >= 11 is 1.82. The molecule has 0 bridgehead atoms. The van der Waals surface area contributed by atoms with Crippen molar-refractivity contribution < 1.29 is 8.83 Å². The van der Waals surface area contributed by atoms with Gasteiger partial charge in [-0.05, 0) is 94.2 Å². The van der Waals surface area contributed by atoms with E-state index in [0.717, 1.165) is 72.1 Å². The number of benzene rings is 9. The quantitative estimate of drug-likeness (QED) is 0.176. The molecule has 3 heterocycles. The maximum absolute atomic E-state index is 6.93. The second kappa shape index (κ2) is 12.2. The molecule has 12 rings (SSSR count). The predicted octanol–water partition coefficient (Wildman–Crippen LogP) is 15.8. The lowest BCUT2D eigenvalue weighted by Gasteiger charge is -2.26. The first-order valence-corrected chi connectivity index (χ1v) is 19.7. The van der Waals surface area contributed by atoms with E-state index in [0.29, 0.717) is 0 Å². The number of thiophene rings is 1. The number of rotatable bonds is 5. The molecule has 0 fully saturated rings. The van der Waals surface area contributed by atoms with Gasteiger partial charge in [-0.25, -0.2) is 0 Å². The first-order chi connectivity index (χ1) is 27.7. The second-order valence-corrected chi connectivity index (χ2v) is 15.6. The fourth-order valence-corrected chi connectivity index (χ4v) is 9.68. The summed E-state index contributed by atoms with van der Waals surface area (Å²) in [4.78, 5) is 2.32. The molecule has 262 valence electrons. The predicted molar refractivity (Wildman–Crippen MR) is 237 cm³/mol. The van der Waals surface area contributed by atoms with E-state index < -0.39 is 0 Å². The van der Waals surface area contributed by atoms with Gasteiger partial charge in [0.1, 0.15) is 22.3 Å². The van der Waals surface area contributed by atoms with E-state index in [-0.39, 0.29) is 0 Å². The molecule has 56 heavy (non-hydrogen) atoms. The maximum atomic E-state index is 6.93. The molecule has 0 spiro atoms. The van der Waals surface area contributed by atoms with Crippen molar-refractivity contribution in [3.05, 3.63) is 188 Å². The highest BCUT2D eigenvalue weighted by Crippen LogP contribution is 2.45. The molecule has 0 radical (unpaired) electrons. The average molecular weight is 734 g/mol. The molecule has 0 N–H and O–H groups in total. The Labute approximate surface area is 325 Å². The fraction of sp³-hybridized carbons (Fsp3) is 0. The van der Waals surface area contributed by atoms with Crippen LogP contribution in [0.5, 0.6) is 0 Å². The number of furan rings is 2. The van der Waals surface area contributed by atoms with Crippen molar-refractivity contribution in [2.45, 2.75) is 0 Å². The first kappa shape index (κ1) is 31.2. The van der Waals surface area contributed by atoms with Gasteiger partial charge in [-0.3, -0.25) is 0 Å². The summed E-state index contributed by atoms with van der Waals surface area (Å²) in [6.45, 7) is 0. The monoisotopic (exact) mass is 733 g/mol. The SMILES string of the molecule is c1cc(-c2cccc3c2oc2c3ccc3sc4ccccc4c32)cc(N(c2ccc(-c3ccc4ccccc4c3)cc2)c2ccc3c(c2)oc2ccccc23)c1. The summed E-state index contributed by atoms with van der Waals surface area (Å²) in [7, 11) is 0. The fourth-order valence-electron chi connectivity index (χ4n) is 8.58. The molecule has 0 aliphatic rings. The highest BCUT2D eigenvalue weighted by Gasteiger charge is 2.20. The number of nitrogens with zero attached hydrogens (tertiary/aromatic N) is 1. The van der Waals surface area contributed by atoms with Crippen LogP contribution in [0, 0.1) is 0 Å². The summed E-state index contributed by atoms with van der Waals surface area (Å²) in [5.74, 6) is 0. The van der Waals surface area contributed by atoms with Crippen molar-refractivity contribution in [3.8, 4) is 22.3 Å². The third kappa shape index (κ3) is 4.83. The van der Waals surface area contributed by atoms with Crippen molar-refractivity contribution >= 4 is 103 Å². The van der Waals surface area contributed by atoms with E-state index >= 15 is 0 Å². The normalized spacial score (nSPS) is 11.9. The molecular formula is C52H31NO2S. The van der Waals surface area contributed by atoms with Gasteiger partial charge in [0.25, 0.3) is 0 Å². The second-order valence-electron chi connectivity index (χ2n) is 14.5. The van der Waals surface area contributed by atoms with Gasteiger partial charge in [-0.2, -0.15) is 0 Å². The van der Waals surface area contributed by atoms with Crippen molar-refractivity contribution in [2.75, 3.05) is 4.90 Å². The smallest absolute Gasteiger partial charge is 0.144 e. The van der Waals surface area contributed by atoms with E-state index in [1.807, 2.05) is 23.5 Å². The molecule has 9 aromatic carbocycles. The molecular weight excluding hydrogens is 703 g/mol. The van der Waals surface area contributed by atoms with Crippen LogP contribution >= 0.6 is 11.3 Å². The van der Waals surface area contributed by atoms with Gasteiger partial charge in [0.05, 0.1) is 0 Å². The zero-order valence-corrected chi connectivity index (χ0v) is 30.9. The number of hydrogen-bond acceptors (Lipinski definition) is 4. The first-order valence-electron chi connectivity index (χ1n) is 18.9. The molecule has 3 nitrogen and oxygen atoms in total. The molecule has 12 aromatic rings. The Morgan fingerprint density at radius 1 is 0.357 bits per heavy atom. The summed E-state index contributed by atoms with van der Waals surface area (Å²) in [5.41, 5.74) is 11.2. The van der Waals surface area contributed by atoms with Crippen LogP contribution in [-0.4, -0.2) is 0 Å². The van der Waals surface area contributed by atoms with Gasteiger partial charge in [-0.15, -0.1) is 11.3 Å². The standard InChI is InChI=1S/C52H31NO2S/c1-2-10-34-29-35(20-19-32(34)9-1)33-21-23-37(24-22-33)53(39-25-26-42-41-13-3-5-17-46(41)54-47(42)31-39)38-12-7-11-36(30-38)40-15-8-16-43-44-27-28-49-50(52(44)55-51(40)43)45-14-4-6-18-48(45)56-49/h1-31H. The maximum Gasteiger partial charge on any atom is 0.144 e. The number of anilines is 3. The van der Waals surface area contributed by atoms with Crippen molar-refractivity contribution in [2.24, 2.45) is 0 Å². The minimum absolute atomic E-state index is 0.858. The Bertz CT molecular complexity index is 3500. The highest BCUT2D eigenvalue weighted by atomic mass is 32.1. The van der Waals surface area contributed by atoms with Gasteiger partial charge >= 0.3 is 0 Å². The van der Waals surface area contributed by atoms with Crippen LogP contribution in [0.15, 0.2) is 197 Å². The van der Waals surface area contributed by atoms with E-state index in [2.05, 4.69) is 181 Å². The van der Waals surface area contributed by atoms with E-state index in [1.54, 1.807) is 0 Å². The highest BCUT2D eigenvalue weighted by molar-refractivity contribution is 7.26. The molecule has 0 unspecified atom stereocenters. The molecule has 0 amide bonds. The molecule has 4 heteroatoms. The minimum atomic E-state index is 0.858. The Morgan fingerprint density at radius 3 is 1.98 bits per heavy atom. The lowest BCUT2D eigenvalue weighted by molar-refractivity contribution is 0.669. The van der Waals surface area contributed by atoms with Gasteiger partial charge in [0.2, 0.25) is 0 Å². The van der Waals surface area contributed by atoms with E-state index in [4.69, 9.17) is 8.83 Å². The van der Waals surface area contributed by atoms with Crippen molar-refractivity contribution in [3.63, 3.8) is 0 Å². The topological polar surface area (TPSA) is 29.5 Å². The number of hydrogen-bond donors (Lipinski definition) is 0. The largest absolute Gasteiger partial charge is 0.456 e. The Morgan fingerprint density at radius 2 is 1.05 bits per heavy atom. The van der Waals surface area contributed by atoms with Crippen molar-refractivity contribution in [1.82, 2.24) is 0 Å². The number of para-hydroxylation sites is 2. The molecule has 0 aliphatic carbocycles. The third-order valence-electron chi connectivity index (χ3n) is 11.2. The Kier molecular flexibility index (Phi) is 6.80. The van der Waals surface area contributed by atoms with Gasteiger partial charge < -0.3 is 13.7 Å². The summed E-state index contributed by atoms with van der Waals surface area (Å²) in [6.07, 6.45) is 0. The van der Waals surface area contributed by atoms with Crippen LogP contribution in [-0.2, 0) is 0 Å². The summed E-state index contributed by atoms with van der Waals surface area (Å²) < 4.78 is 15.9.